The van der Waals surface area contributed by atoms with Gasteiger partial charge in [0.15, 0.2) is 0 Å². The topological polar surface area (TPSA) is 60.8 Å². The van der Waals surface area contributed by atoms with E-state index in [0.29, 0.717) is 5.92 Å². The van der Waals surface area contributed by atoms with Crippen molar-refractivity contribution in [3.63, 3.8) is 0 Å². The lowest BCUT2D eigenvalue weighted by atomic mass is 9.97. The third-order valence-corrected chi connectivity index (χ3v) is 3.24. The monoisotopic (exact) mass is 295 g/mol. The Hall–Kier alpha value is -1.39. The molecule has 21 heavy (non-hydrogen) atoms. The van der Waals surface area contributed by atoms with E-state index in [4.69, 9.17) is 10.2 Å². The summed E-state index contributed by atoms with van der Waals surface area (Å²) in [6, 6.07) is 7.87. The number of rotatable bonds is 5. The Kier molecular flexibility index (Phi) is 8.90. The van der Waals surface area contributed by atoms with E-state index >= 15 is 0 Å². The first-order valence-corrected chi connectivity index (χ1v) is 7.31. The summed E-state index contributed by atoms with van der Waals surface area (Å²) in [5.74, 6) is -0.558. The van der Waals surface area contributed by atoms with Crippen molar-refractivity contribution in [1.29, 1.82) is 0 Å². The fourth-order valence-electron chi connectivity index (χ4n) is 1.56. The van der Waals surface area contributed by atoms with Gasteiger partial charge in [-0.3, -0.25) is 9.69 Å². The minimum atomic E-state index is -0.772. The van der Waals surface area contributed by atoms with E-state index in [0.717, 1.165) is 12.0 Å². The van der Waals surface area contributed by atoms with Crippen molar-refractivity contribution >= 4 is 5.97 Å². The average Bonchev–Trinajstić information content (AvgIpc) is 2.38. The lowest BCUT2D eigenvalue weighted by molar-refractivity contribution is -0.138. The SMILES string of the molecule is CC(C)Cc1ccc(C(C)C(=O)O)cc1.CC(O)N(C)C. The molecule has 0 saturated carbocycles. The van der Waals surface area contributed by atoms with Crippen LogP contribution in [-0.2, 0) is 11.2 Å². The van der Waals surface area contributed by atoms with E-state index in [1.54, 1.807) is 18.7 Å². The van der Waals surface area contributed by atoms with Gasteiger partial charge >= 0.3 is 5.97 Å². The molecular weight excluding hydrogens is 266 g/mol. The molecule has 0 heterocycles. The van der Waals surface area contributed by atoms with Crippen LogP contribution in [0.15, 0.2) is 24.3 Å². The smallest absolute Gasteiger partial charge is 0.310 e. The largest absolute Gasteiger partial charge is 0.481 e. The number of hydrogen-bond acceptors (Lipinski definition) is 3. The molecule has 0 bridgehead atoms. The third-order valence-electron chi connectivity index (χ3n) is 3.24. The van der Waals surface area contributed by atoms with Crippen LogP contribution in [0.2, 0.25) is 0 Å². The molecule has 1 rings (SSSR count). The summed E-state index contributed by atoms with van der Waals surface area (Å²) in [6.45, 7) is 7.78. The van der Waals surface area contributed by atoms with Gasteiger partial charge in [-0.2, -0.15) is 0 Å². The van der Waals surface area contributed by atoms with Crippen molar-refractivity contribution in [2.75, 3.05) is 14.1 Å². The van der Waals surface area contributed by atoms with Crippen LogP contribution in [0.25, 0.3) is 0 Å². The molecule has 0 saturated heterocycles. The van der Waals surface area contributed by atoms with Crippen LogP contribution < -0.4 is 0 Å². The summed E-state index contributed by atoms with van der Waals surface area (Å²) in [4.78, 5) is 12.5. The number of aliphatic carboxylic acids is 1. The number of benzene rings is 1. The van der Waals surface area contributed by atoms with Gasteiger partial charge in [-0.15, -0.1) is 0 Å². The van der Waals surface area contributed by atoms with Crippen molar-refractivity contribution in [3.8, 4) is 0 Å². The molecule has 0 aliphatic carbocycles. The summed E-state index contributed by atoms with van der Waals surface area (Å²) in [7, 11) is 3.65. The Morgan fingerprint density at radius 2 is 1.52 bits per heavy atom. The maximum Gasteiger partial charge on any atom is 0.310 e. The van der Waals surface area contributed by atoms with E-state index in [-0.39, 0.29) is 6.23 Å². The molecule has 0 fully saturated rings. The molecule has 2 atom stereocenters. The highest BCUT2D eigenvalue weighted by Gasteiger charge is 2.12. The van der Waals surface area contributed by atoms with E-state index in [1.807, 2.05) is 38.4 Å². The first kappa shape index (κ1) is 19.6. The predicted octanol–water partition coefficient (Wildman–Crippen LogP) is 2.96. The molecule has 0 aliphatic heterocycles. The zero-order valence-electron chi connectivity index (χ0n) is 14.0. The molecule has 0 amide bonds. The minimum absolute atomic E-state index is 0.315. The summed E-state index contributed by atoms with van der Waals surface area (Å²) in [5, 5.41) is 17.4. The van der Waals surface area contributed by atoms with Crippen molar-refractivity contribution in [2.24, 2.45) is 5.92 Å². The van der Waals surface area contributed by atoms with Gasteiger partial charge in [0.05, 0.1) is 5.92 Å². The van der Waals surface area contributed by atoms with Crippen molar-refractivity contribution in [2.45, 2.75) is 46.3 Å². The second kappa shape index (κ2) is 9.53. The summed E-state index contributed by atoms with van der Waals surface area (Å²) in [5.41, 5.74) is 2.14. The fourth-order valence-corrected chi connectivity index (χ4v) is 1.56. The first-order valence-electron chi connectivity index (χ1n) is 7.31. The van der Waals surface area contributed by atoms with E-state index in [2.05, 4.69) is 13.8 Å². The Labute approximate surface area is 128 Å². The van der Waals surface area contributed by atoms with Crippen molar-refractivity contribution in [3.05, 3.63) is 35.4 Å². The molecule has 1 aromatic rings. The Morgan fingerprint density at radius 1 is 1.10 bits per heavy atom. The highest BCUT2D eigenvalue weighted by Crippen LogP contribution is 2.17. The number of carboxylic acid groups (broad SMARTS) is 1. The molecule has 0 radical (unpaired) electrons. The Morgan fingerprint density at radius 3 is 1.81 bits per heavy atom. The zero-order valence-corrected chi connectivity index (χ0v) is 14.0. The van der Waals surface area contributed by atoms with Crippen LogP contribution in [0.4, 0.5) is 0 Å². The second-order valence-corrected chi connectivity index (χ2v) is 5.99. The highest BCUT2D eigenvalue weighted by molar-refractivity contribution is 5.75. The van der Waals surface area contributed by atoms with Gasteiger partial charge in [-0.05, 0) is 51.4 Å². The first-order chi connectivity index (χ1) is 9.65. The standard InChI is InChI=1S/C13H18O2.C4H11NO/c1-9(2)8-11-4-6-12(7-5-11)10(3)13(14)15;1-4(6)5(2)3/h4-7,9-10H,8H2,1-3H3,(H,14,15);4,6H,1-3H3. The van der Waals surface area contributed by atoms with E-state index in [9.17, 15) is 4.79 Å². The molecule has 2 unspecified atom stereocenters. The molecule has 4 heteroatoms. The normalized spacial score (nSPS) is 13.6. The minimum Gasteiger partial charge on any atom is -0.481 e. The van der Waals surface area contributed by atoms with E-state index in [1.165, 1.54) is 5.56 Å². The maximum absolute atomic E-state index is 10.8. The Bertz CT molecular complexity index is 405. The van der Waals surface area contributed by atoms with Gasteiger partial charge in [-0.1, -0.05) is 38.1 Å². The fraction of sp³-hybridized carbons (Fsp3) is 0.588. The lowest BCUT2D eigenvalue weighted by Gasteiger charge is -2.11. The van der Waals surface area contributed by atoms with Gasteiger partial charge in [0.25, 0.3) is 0 Å². The van der Waals surface area contributed by atoms with Gasteiger partial charge in [0, 0.05) is 0 Å². The number of hydrogen-bond donors (Lipinski definition) is 2. The Balaban J connectivity index is 0.000000567. The molecule has 120 valence electrons. The van der Waals surface area contributed by atoms with Crippen LogP contribution in [0, 0.1) is 5.92 Å². The number of carbonyl (C=O) groups is 1. The van der Waals surface area contributed by atoms with E-state index < -0.39 is 11.9 Å². The van der Waals surface area contributed by atoms with Crippen LogP contribution in [0.1, 0.15) is 44.7 Å². The highest BCUT2D eigenvalue weighted by atomic mass is 16.4. The van der Waals surface area contributed by atoms with Crippen LogP contribution in [-0.4, -0.2) is 41.4 Å². The van der Waals surface area contributed by atoms with Gasteiger partial charge < -0.3 is 10.2 Å². The molecule has 0 spiro atoms. The molecular formula is C17H29NO3. The van der Waals surface area contributed by atoms with Crippen LogP contribution in [0.3, 0.4) is 0 Å². The summed E-state index contributed by atoms with van der Waals surface area (Å²) < 4.78 is 0. The molecule has 4 nitrogen and oxygen atoms in total. The molecule has 0 aromatic heterocycles. The lowest BCUT2D eigenvalue weighted by Crippen LogP contribution is -2.23. The predicted molar refractivity (Wildman–Crippen MR) is 86.4 cm³/mol. The number of carboxylic acids is 1. The van der Waals surface area contributed by atoms with Gasteiger partial charge in [0.1, 0.15) is 6.23 Å². The molecule has 1 aromatic carbocycles. The number of nitrogens with zero attached hydrogens (tertiary/aromatic N) is 1. The zero-order chi connectivity index (χ0) is 16.6. The van der Waals surface area contributed by atoms with Crippen LogP contribution in [0.5, 0.6) is 0 Å². The molecule has 2 N–H and O–H groups in total. The number of aliphatic hydroxyl groups is 1. The van der Waals surface area contributed by atoms with Crippen LogP contribution >= 0.6 is 0 Å². The number of aliphatic hydroxyl groups excluding tert-OH is 1. The van der Waals surface area contributed by atoms with Crippen molar-refractivity contribution < 1.29 is 15.0 Å². The quantitative estimate of drug-likeness (QED) is 0.820. The van der Waals surface area contributed by atoms with Crippen molar-refractivity contribution in [1.82, 2.24) is 4.90 Å². The van der Waals surface area contributed by atoms with Gasteiger partial charge in [-0.25, -0.2) is 0 Å². The maximum atomic E-state index is 10.8. The average molecular weight is 295 g/mol. The van der Waals surface area contributed by atoms with Gasteiger partial charge in [0.2, 0.25) is 0 Å². The third kappa shape index (κ3) is 8.48. The summed E-state index contributed by atoms with van der Waals surface area (Å²) in [6.07, 6.45) is 0.729. The summed E-state index contributed by atoms with van der Waals surface area (Å²) >= 11 is 0. The second-order valence-electron chi connectivity index (χ2n) is 5.99. The molecule has 0 aliphatic rings.